The Morgan fingerprint density at radius 2 is 1.09 bits per heavy atom. The smallest absolute Gasteiger partial charge is 0.472 e. The van der Waals surface area contributed by atoms with Crippen LogP contribution in [0.1, 0.15) is 181 Å². The number of phosphoric acid groups is 1. The molecule has 0 aromatic heterocycles. The maximum atomic E-state index is 12.5. The molecule has 0 amide bonds. The van der Waals surface area contributed by atoms with Crippen molar-refractivity contribution in [3.05, 3.63) is 24.5 Å². The Labute approximate surface area is 289 Å². The van der Waals surface area contributed by atoms with Gasteiger partial charge in [0.2, 0.25) is 0 Å². The summed E-state index contributed by atoms with van der Waals surface area (Å²) in [7, 11) is -4.28. The van der Waals surface area contributed by atoms with Gasteiger partial charge in [-0.3, -0.25) is 13.8 Å². The molecule has 0 aromatic carbocycles. The lowest BCUT2D eigenvalue weighted by Gasteiger charge is -2.19. The highest BCUT2D eigenvalue weighted by Crippen LogP contribution is 2.43. The minimum absolute atomic E-state index is 0.0316. The van der Waals surface area contributed by atoms with E-state index >= 15 is 0 Å². The summed E-state index contributed by atoms with van der Waals surface area (Å²) < 4.78 is 33.0. The fraction of sp³-hybridized carbons (Fsp3) is 0.868. The van der Waals surface area contributed by atoms with Crippen LogP contribution in [0.3, 0.4) is 0 Å². The van der Waals surface area contributed by atoms with Crippen LogP contribution >= 0.6 is 7.82 Å². The van der Waals surface area contributed by atoms with Gasteiger partial charge < -0.3 is 20.1 Å². The van der Waals surface area contributed by atoms with E-state index in [0.29, 0.717) is 6.42 Å². The van der Waals surface area contributed by atoms with Crippen LogP contribution in [0.4, 0.5) is 0 Å². The van der Waals surface area contributed by atoms with Crippen LogP contribution in [0.15, 0.2) is 24.5 Å². The predicted molar refractivity (Wildman–Crippen MR) is 196 cm³/mol. The van der Waals surface area contributed by atoms with Gasteiger partial charge in [0.1, 0.15) is 6.61 Å². The maximum Gasteiger partial charge on any atom is 0.472 e. The van der Waals surface area contributed by atoms with Crippen LogP contribution < -0.4 is 5.73 Å². The molecule has 0 fully saturated rings. The summed E-state index contributed by atoms with van der Waals surface area (Å²) in [6.07, 6.45) is 38.5. The van der Waals surface area contributed by atoms with Gasteiger partial charge in [-0.05, 0) is 51.0 Å². The van der Waals surface area contributed by atoms with E-state index in [1.807, 2.05) is 6.08 Å². The molecule has 1 unspecified atom stereocenters. The Balaban J connectivity index is 4.15. The SMILES string of the molecule is CCCCCCC/C=C\CCCCCCCC(=O)O[C@H](CO/C=C\CCCCCCCCCCCCCC)COP(=O)(O)OCCN. The maximum absolute atomic E-state index is 12.5. The number of ether oxygens (including phenoxy) is 2. The molecule has 0 spiro atoms. The third-order valence-corrected chi connectivity index (χ3v) is 9.17. The van der Waals surface area contributed by atoms with Crippen molar-refractivity contribution in [2.45, 2.75) is 187 Å². The Kier molecular flexibility index (Phi) is 35.2. The van der Waals surface area contributed by atoms with Gasteiger partial charge in [0.15, 0.2) is 6.10 Å². The predicted octanol–water partition coefficient (Wildman–Crippen LogP) is 11.3. The van der Waals surface area contributed by atoms with Crippen LogP contribution in [0.5, 0.6) is 0 Å². The van der Waals surface area contributed by atoms with Gasteiger partial charge in [0.25, 0.3) is 0 Å². The second-order valence-corrected chi connectivity index (χ2v) is 14.3. The Morgan fingerprint density at radius 1 is 0.638 bits per heavy atom. The lowest BCUT2D eigenvalue weighted by Crippen LogP contribution is -2.27. The molecule has 0 bridgehead atoms. The third-order valence-electron chi connectivity index (χ3n) is 8.19. The second kappa shape index (κ2) is 36.1. The summed E-state index contributed by atoms with van der Waals surface area (Å²) in [5.74, 6) is -0.361. The summed E-state index contributed by atoms with van der Waals surface area (Å²) in [6.45, 7) is 4.22. The number of nitrogens with two attached hydrogens (primary N) is 1. The number of hydrogen-bond donors (Lipinski definition) is 2. The van der Waals surface area contributed by atoms with Gasteiger partial charge in [0, 0.05) is 13.0 Å². The molecular formula is C38H74NO7P. The monoisotopic (exact) mass is 688 g/mol. The van der Waals surface area contributed by atoms with E-state index in [1.54, 1.807) is 6.26 Å². The summed E-state index contributed by atoms with van der Waals surface area (Å²) in [5, 5.41) is 0. The lowest BCUT2D eigenvalue weighted by atomic mass is 10.0. The molecule has 0 saturated carbocycles. The molecule has 278 valence electrons. The fourth-order valence-electron chi connectivity index (χ4n) is 5.31. The molecular weight excluding hydrogens is 613 g/mol. The fourth-order valence-corrected chi connectivity index (χ4v) is 6.07. The van der Waals surface area contributed by atoms with Crippen molar-refractivity contribution in [3.8, 4) is 0 Å². The van der Waals surface area contributed by atoms with E-state index in [1.165, 1.54) is 116 Å². The number of unbranched alkanes of at least 4 members (excludes halogenated alkanes) is 22. The molecule has 0 aliphatic heterocycles. The number of hydrogen-bond acceptors (Lipinski definition) is 7. The highest BCUT2D eigenvalue weighted by molar-refractivity contribution is 7.47. The molecule has 0 saturated heterocycles. The van der Waals surface area contributed by atoms with Crippen LogP contribution in [-0.4, -0.2) is 43.3 Å². The standard InChI is InChI=1S/C38H74NO7P/c1-3-5-7-9-11-13-15-17-19-21-23-25-27-29-31-38(40)46-37(36-45-47(41,42)44-34-32-39)35-43-33-30-28-26-24-22-20-18-16-14-12-10-8-6-4-2/h15,17,30,33,37H,3-14,16,18-29,31-32,34-36,39H2,1-2H3,(H,41,42)/b17-15-,33-30-/t37-/m1/s1. The normalized spacial score (nSPS) is 13.8. The number of carbonyl (C=O) groups excluding carboxylic acids is 1. The number of rotatable bonds is 37. The zero-order valence-electron chi connectivity index (χ0n) is 30.5. The van der Waals surface area contributed by atoms with Gasteiger partial charge in [-0.2, -0.15) is 0 Å². The lowest BCUT2D eigenvalue weighted by molar-refractivity contribution is -0.153. The molecule has 0 aromatic rings. The van der Waals surface area contributed by atoms with Crippen molar-refractivity contribution in [1.29, 1.82) is 0 Å². The zero-order valence-corrected chi connectivity index (χ0v) is 31.4. The van der Waals surface area contributed by atoms with E-state index < -0.39 is 13.9 Å². The Morgan fingerprint density at radius 3 is 1.57 bits per heavy atom. The summed E-state index contributed by atoms with van der Waals surface area (Å²) in [5.41, 5.74) is 5.35. The first-order valence-corrected chi connectivity index (χ1v) is 20.9. The van der Waals surface area contributed by atoms with E-state index in [2.05, 4.69) is 26.0 Å². The Hall–Kier alpha value is -1.18. The van der Waals surface area contributed by atoms with Crippen LogP contribution in [0.25, 0.3) is 0 Å². The van der Waals surface area contributed by atoms with Gasteiger partial charge in [0.05, 0.1) is 19.5 Å². The van der Waals surface area contributed by atoms with Crippen LogP contribution in [0, 0.1) is 0 Å². The molecule has 3 N–H and O–H groups in total. The molecule has 8 nitrogen and oxygen atoms in total. The topological polar surface area (TPSA) is 117 Å². The molecule has 0 aliphatic carbocycles. The van der Waals surface area contributed by atoms with E-state index in [9.17, 15) is 14.3 Å². The first-order chi connectivity index (χ1) is 22.9. The zero-order chi connectivity index (χ0) is 34.5. The van der Waals surface area contributed by atoms with Crippen molar-refractivity contribution >= 4 is 13.8 Å². The van der Waals surface area contributed by atoms with E-state index in [-0.39, 0.29) is 32.3 Å². The molecule has 0 aliphatic rings. The van der Waals surface area contributed by atoms with Crippen LogP contribution in [-0.2, 0) is 27.9 Å². The number of esters is 1. The second-order valence-electron chi connectivity index (χ2n) is 12.9. The molecule has 9 heteroatoms. The minimum Gasteiger partial charge on any atom is -0.498 e. The first-order valence-electron chi connectivity index (χ1n) is 19.4. The molecule has 0 heterocycles. The summed E-state index contributed by atoms with van der Waals surface area (Å²) in [6, 6.07) is 0. The average Bonchev–Trinajstić information content (AvgIpc) is 3.06. The van der Waals surface area contributed by atoms with Gasteiger partial charge >= 0.3 is 13.8 Å². The first kappa shape index (κ1) is 45.8. The largest absolute Gasteiger partial charge is 0.498 e. The molecule has 47 heavy (non-hydrogen) atoms. The van der Waals surface area contributed by atoms with Crippen molar-refractivity contribution in [2.75, 3.05) is 26.4 Å². The molecule has 0 radical (unpaired) electrons. The van der Waals surface area contributed by atoms with Crippen molar-refractivity contribution in [2.24, 2.45) is 5.73 Å². The van der Waals surface area contributed by atoms with Gasteiger partial charge in [-0.15, -0.1) is 0 Å². The van der Waals surface area contributed by atoms with Gasteiger partial charge in [-0.1, -0.05) is 142 Å². The van der Waals surface area contributed by atoms with Gasteiger partial charge in [-0.25, -0.2) is 4.57 Å². The van der Waals surface area contributed by atoms with E-state index in [0.717, 1.165) is 44.9 Å². The van der Waals surface area contributed by atoms with Crippen molar-refractivity contribution < 1.29 is 32.8 Å². The molecule has 2 atom stereocenters. The highest BCUT2D eigenvalue weighted by atomic mass is 31.2. The van der Waals surface area contributed by atoms with Crippen molar-refractivity contribution in [3.63, 3.8) is 0 Å². The minimum atomic E-state index is -4.28. The Bertz CT molecular complexity index is 777. The quantitative estimate of drug-likeness (QED) is 0.0218. The highest BCUT2D eigenvalue weighted by Gasteiger charge is 2.25. The third kappa shape index (κ3) is 35.9. The number of carbonyl (C=O) groups is 1. The van der Waals surface area contributed by atoms with Crippen molar-refractivity contribution in [1.82, 2.24) is 0 Å². The average molecular weight is 688 g/mol. The summed E-state index contributed by atoms with van der Waals surface area (Å²) >= 11 is 0. The number of phosphoric ester groups is 1. The summed E-state index contributed by atoms with van der Waals surface area (Å²) in [4.78, 5) is 22.3. The molecule has 0 rings (SSSR count). The number of allylic oxidation sites excluding steroid dienone is 3. The van der Waals surface area contributed by atoms with Crippen LogP contribution in [0.2, 0.25) is 0 Å². The van der Waals surface area contributed by atoms with E-state index in [4.69, 9.17) is 24.3 Å².